The van der Waals surface area contributed by atoms with E-state index in [1.165, 1.54) is 4.90 Å². The summed E-state index contributed by atoms with van der Waals surface area (Å²) in [7, 11) is 1.59. The first kappa shape index (κ1) is 19.6. The molecule has 0 aliphatic heterocycles. The van der Waals surface area contributed by atoms with Crippen LogP contribution in [0.4, 0.5) is 5.69 Å². The van der Waals surface area contributed by atoms with Gasteiger partial charge in [0.05, 0.1) is 12.7 Å². The molecule has 0 aliphatic rings. The van der Waals surface area contributed by atoms with E-state index in [0.717, 1.165) is 5.56 Å². The first-order valence-electron chi connectivity index (χ1n) is 8.81. The van der Waals surface area contributed by atoms with Crippen molar-refractivity contribution in [3.63, 3.8) is 0 Å². The SMILES string of the molecule is CN(CC(=O)Nc1ccc(Cl)cc1)C(=O)CCc1ncc(-c2ccccc2)o1. The molecule has 0 atom stereocenters. The van der Waals surface area contributed by atoms with Crippen molar-refractivity contribution in [3.8, 4) is 11.3 Å². The molecule has 0 saturated heterocycles. The Morgan fingerprint density at radius 2 is 1.82 bits per heavy atom. The number of benzene rings is 2. The predicted octanol–water partition coefficient (Wildman–Crippen LogP) is 4.02. The van der Waals surface area contributed by atoms with Gasteiger partial charge in [-0.25, -0.2) is 4.98 Å². The number of rotatable bonds is 7. The Bertz CT molecular complexity index is 939. The third kappa shape index (κ3) is 5.44. The van der Waals surface area contributed by atoms with E-state index < -0.39 is 0 Å². The maximum absolute atomic E-state index is 12.3. The lowest BCUT2D eigenvalue weighted by Gasteiger charge is -2.16. The summed E-state index contributed by atoms with van der Waals surface area (Å²) in [5.41, 5.74) is 1.56. The number of anilines is 1. The monoisotopic (exact) mass is 397 g/mol. The Labute approximate surface area is 168 Å². The summed E-state index contributed by atoms with van der Waals surface area (Å²) in [6.45, 7) is -0.0394. The van der Waals surface area contributed by atoms with Gasteiger partial charge in [-0.2, -0.15) is 0 Å². The molecule has 0 saturated carbocycles. The van der Waals surface area contributed by atoms with Gasteiger partial charge in [0.25, 0.3) is 0 Å². The number of likely N-dealkylation sites (N-methyl/N-ethyl adjacent to an activating group) is 1. The van der Waals surface area contributed by atoms with Crippen LogP contribution in [-0.4, -0.2) is 35.3 Å². The van der Waals surface area contributed by atoms with Gasteiger partial charge in [0.1, 0.15) is 0 Å². The highest BCUT2D eigenvalue weighted by atomic mass is 35.5. The van der Waals surface area contributed by atoms with E-state index in [1.54, 1.807) is 37.5 Å². The fourth-order valence-corrected chi connectivity index (χ4v) is 2.73. The van der Waals surface area contributed by atoms with Gasteiger partial charge in [-0.15, -0.1) is 0 Å². The lowest BCUT2D eigenvalue weighted by Crippen LogP contribution is -2.35. The molecule has 0 spiro atoms. The number of nitrogens with one attached hydrogen (secondary N) is 1. The fourth-order valence-electron chi connectivity index (χ4n) is 2.60. The zero-order valence-electron chi connectivity index (χ0n) is 15.4. The van der Waals surface area contributed by atoms with Gasteiger partial charge in [0, 0.05) is 36.2 Å². The molecule has 7 heteroatoms. The minimum Gasteiger partial charge on any atom is -0.441 e. The lowest BCUT2D eigenvalue weighted by atomic mass is 10.2. The van der Waals surface area contributed by atoms with Gasteiger partial charge in [0.2, 0.25) is 11.8 Å². The van der Waals surface area contributed by atoms with Gasteiger partial charge in [-0.1, -0.05) is 41.9 Å². The summed E-state index contributed by atoms with van der Waals surface area (Å²) in [6, 6.07) is 16.4. The highest BCUT2D eigenvalue weighted by Gasteiger charge is 2.15. The van der Waals surface area contributed by atoms with Crippen molar-refractivity contribution >= 4 is 29.1 Å². The number of halogens is 1. The van der Waals surface area contributed by atoms with E-state index in [1.807, 2.05) is 30.3 Å². The third-order valence-corrected chi connectivity index (χ3v) is 4.35. The highest BCUT2D eigenvalue weighted by Crippen LogP contribution is 2.20. The van der Waals surface area contributed by atoms with Crippen molar-refractivity contribution < 1.29 is 14.0 Å². The predicted molar refractivity (Wildman–Crippen MR) is 108 cm³/mol. The summed E-state index contributed by atoms with van der Waals surface area (Å²) in [5.74, 6) is 0.719. The number of hydrogen-bond acceptors (Lipinski definition) is 4. The Morgan fingerprint density at radius 1 is 1.11 bits per heavy atom. The van der Waals surface area contributed by atoms with Crippen LogP contribution in [0.15, 0.2) is 65.2 Å². The molecular formula is C21H20ClN3O3. The molecule has 2 amide bonds. The van der Waals surface area contributed by atoms with Crippen molar-refractivity contribution in [2.45, 2.75) is 12.8 Å². The van der Waals surface area contributed by atoms with Gasteiger partial charge >= 0.3 is 0 Å². The summed E-state index contributed by atoms with van der Waals surface area (Å²) >= 11 is 5.82. The maximum Gasteiger partial charge on any atom is 0.243 e. The number of amides is 2. The third-order valence-electron chi connectivity index (χ3n) is 4.10. The minimum absolute atomic E-state index is 0.0394. The van der Waals surface area contributed by atoms with Crippen LogP contribution in [0.3, 0.4) is 0 Å². The molecule has 3 aromatic rings. The minimum atomic E-state index is -0.277. The highest BCUT2D eigenvalue weighted by molar-refractivity contribution is 6.30. The van der Waals surface area contributed by atoms with Crippen LogP contribution in [0.25, 0.3) is 11.3 Å². The van der Waals surface area contributed by atoms with Crippen molar-refractivity contribution in [2.24, 2.45) is 0 Å². The molecule has 1 aromatic heterocycles. The Balaban J connectivity index is 1.47. The molecule has 0 aliphatic carbocycles. The second-order valence-electron chi connectivity index (χ2n) is 6.29. The molecular weight excluding hydrogens is 378 g/mol. The number of aryl methyl sites for hydroxylation is 1. The van der Waals surface area contributed by atoms with Crippen molar-refractivity contribution in [3.05, 3.63) is 71.7 Å². The number of oxazole rings is 1. The molecule has 144 valence electrons. The van der Waals surface area contributed by atoms with Crippen molar-refractivity contribution in [1.29, 1.82) is 0 Å². The second kappa shape index (κ2) is 9.19. The molecule has 6 nitrogen and oxygen atoms in total. The summed E-state index contributed by atoms with van der Waals surface area (Å²) in [5, 5.41) is 3.32. The molecule has 1 heterocycles. The van der Waals surface area contributed by atoms with Crippen LogP contribution in [0.2, 0.25) is 5.02 Å². The van der Waals surface area contributed by atoms with E-state index in [-0.39, 0.29) is 24.8 Å². The summed E-state index contributed by atoms with van der Waals surface area (Å²) in [4.78, 5) is 30.0. The first-order valence-corrected chi connectivity index (χ1v) is 9.18. The first-order chi connectivity index (χ1) is 13.5. The second-order valence-corrected chi connectivity index (χ2v) is 6.73. The average molecular weight is 398 g/mol. The van der Waals surface area contributed by atoms with Gasteiger partial charge in [0.15, 0.2) is 11.7 Å². The van der Waals surface area contributed by atoms with Gasteiger partial charge in [-0.05, 0) is 24.3 Å². The molecule has 1 N–H and O–H groups in total. The fraction of sp³-hybridized carbons (Fsp3) is 0.190. The van der Waals surface area contributed by atoms with E-state index in [2.05, 4.69) is 10.3 Å². The van der Waals surface area contributed by atoms with Gasteiger partial charge < -0.3 is 14.6 Å². The van der Waals surface area contributed by atoms with Crippen LogP contribution in [0.1, 0.15) is 12.3 Å². The average Bonchev–Trinajstić information content (AvgIpc) is 3.17. The van der Waals surface area contributed by atoms with E-state index in [9.17, 15) is 9.59 Å². The smallest absolute Gasteiger partial charge is 0.243 e. The van der Waals surface area contributed by atoms with Crippen LogP contribution < -0.4 is 5.32 Å². The number of carbonyl (C=O) groups is 2. The Morgan fingerprint density at radius 3 is 2.54 bits per heavy atom. The Hall–Kier alpha value is -3.12. The molecule has 0 fully saturated rings. The van der Waals surface area contributed by atoms with Crippen LogP contribution >= 0.6 is 11.6 Å². The number of carbonyl (C=O) groups excluding carboxylic acids is 2. The van der Waals surface area contributed by atoms with Crippen LogP contribution in [-0.2, 0) is 16.0 Å². The number of nitrogens with zero attached hydrogens (tertiary/aromatic N) is 2. The number of aromatic nitrogens is 1. The zero-order chi connectivity index (χ0) is 19.9. The van der Waals surface area contributed by atoms with E-state index in [0.29, 0.717) is 28.8 Å². The van der Waals surface area contributed by atoms with Gasteiger partial charge in [-0.3, -0.25) is 9.59 Å². The molecule has 28 heavy (non-hydrogen) atoms. The molecule has 0 unspecified atom stereocenters. The van der Waals surface area contributed by atoms with Crippen LogP contribution in [0.5, 0.6) is 0 Å². The number of hydrogen-bond donors (Lipinski definition) is 1. The molecule has 0 bridgehead atoms. The summed E-state index contributed by atoms with van der Waals surface area (Å²) < 4.78 is 5.70. The molecule has 3 rings (SSSR count). The van der Waals surface area contributed by atoms with Crippen molar-refractivity contribution in [1.82, 2.24) is 9.88 Å². The normalized spacial score (nSPS) is 10.5. The van der Waals surface area contributed by atoms with E-state index >= 15 is 0 Å². The van der Waals surface area contributed by atoms with E-state index in [4.69, 9.17) is 16.0 Å². The van der Waals surface area contributed by atoms with Crippen LogP contribution in [0, 0.1) is 0 Å². The topological polar surface area (TPSA) is 75.4 Å². The molecule has 0 radical (unpaired) electrons. The maximum atomic E-state index is 12.3. The zero-order valence-corrected chi connectivity index (χ0v) is 16.1. The molecule has 2 aromatic carbocycles. The standard InChI is InChI=1S/C21H20ClN3O3/c1-25(14-19(26)24-17-9-7-16(22)8-10-17)21(27)12-11-20-23-13-18(28-20)15-5-3-2-4-6-15/h2-10,13H,11-12,14H2,1H3,(H,24,26). The Kier molecular flexibility index (Phi) is 6.45. The lowest BCUT2D eigenvalue weighted by molar-refractivity contribution is -0.133. The largest absolute Gasteiger partial charge is 0.441 e. The van der Waals surface area contributed by atoms with Crippen molar-refractivity contribution in [2.75, 3.05) is 18.9 Å². The quantitative estimate of drug-likeness (QED) is 0.653. The summed E-state index contributed by atoms with van der Waals surface area (Å²) in [6.07, 6.45) is 2.23.